The van der Waals surface area contributed by atoms with Gasteiger partial charge in [-0.05, 0) is 31.4 Å². The number of hydrogen-bond acceptors (Lipinski definition) is 3. The number of nitrogens with one attached hydrogen (secondary N) is 1. The van der Waals surface area contributed by atoms with Crippen LogP contribution in [-0.4, -0.2) is 19.2 Å². The second kappa shape index (κ2) is 4.66. The molecule has 2 aliphatic rings. The van der Waals surface area contributed by atoms with Crippen LogP contribution < -0.4 is 5.32 Å². The van der Waals surface area contributed by atoms with E-state index in [0.717, 1.165) is 37.0 Å². The molecular weight excluding hydrogens is 238 g/mol. The molecule has 2 fully saturated rings. The van der Waals surface area contributed by atoms with E-state index in [1.54, 1.807) is 0 Å². The van der Waals surface area contributed by atoms with E-state index in [9.17, 15) is 0 Å². The molecule has 1 saturated heterocycles. The highest BCUT2D eigenvalue weighted by Crippen LogP contribution is 2.37. The number of fused-ring (bicyclic) bond motifs is 1. The Morgan fingerprint density at radius 2 is 2.05 bits per heavy atom. The Bertz CT molecular complexity index is 540. The first kappa shape index (κ1) is 11.5. The molecule has 2 atom stereocenters. The van der Waals surface area contributed by atoms with Crippen LogP contribution in [0, 0.1) is 5.92 Å². The quantitative estimate of drug-likeness (QED) is 0.913. The van der Waals surface area contributed by atoms with Crippen molar-refractivity contribution in [2.24, 2.45) is 5.92 Å². The van der Waals surface area contributed by atoms with Crippen molar-refractivity contribution < 1.29 is 9.15 Å². The zero-order chi connectivity index (χ0) is 12.7. The molecule has 1 N–H and O–H groups in total. The number of hydrogen-bond donors (Lipinski definition) is 1. The molecule has 2 heterocycles. The van der Waals surface area contributed by atoms with Crippen molar-refractivity contribution >= 4 is 11.0 Å². The minimum Gasteiger partial charge on any atom is -0.458 e. The van der Waals surface area contributed by atoms with Crippen molar-refractivity contribution in [3.63, 3.8) is 0 Å². The van der Waals surface area contributed by atoms with Crippen LogP contribution in [0.25, 0.3) is 11.0 Å². The normalized spacial score (nSPS) is 27.2. The lowest BCUT2D eigenvalue weighted by Crippen LogP contribution is -2.26. The molecule has 2 aromatic rings. The summed E-state index contributed by atoms with van der Waals surface area (Å²) in [6.45, 7) is 1.89. The summed E-state index contributed by atoms with van der Waals surface area (Å²) in [5.74, 6) is 1.53. The molecule has 0 bridgehead atoms. The van der Waals surface area contributed by atoms with E-state index in [2.05, 4.69) is 17.4 Å². The molecule has 0 spiro atoms. The van der Waals surface area contributed by atoms with Crippen molar-refractivity contribution in [2.45, 2.75) is 31.4 Å². The number of rotatable bonds is 4. The lowest BCUT2D eigenvalue weighted by Gasteiger charge is -2.16. The molecule has 100 valence electrons. The van der Waals surface area contributed by atoms with E-state index in [-0.39, 0.29) is 6.10 Å². The maximum atomic E-state index is 5.95. The molecule has 2 unspecified atom stereocenters. The molecule has 0 radical (unpaired) electrons. The molecule has 3 nitrogen and oxygen atoms in total. The van der Waals surface area contributed by atoms with Gasteiger partial charge in [0.2, 0.25) is 0 Å². The zero-order valence-corrected chi connectivity index (χ0v) is 11.0. The van der Waals surface area contributed by atoms with E-state index in [4.69, 9.17) is 9.15 Å². The second-order valence-electron chi connectivity index (χ2n) is 5.71. The Labute approximate surface area is 112 Å². The SMILES string of the molecule is c1ccc2oc(C3OCCC3CNC3CC3)cc2c1. The van der Waals surface area contributed by atoms with Gasteiger partial charge in [0.25, 0.3) is 0 Å². The van der Waals surface area contributed by atoms with E-state index in [1.807, 2.05) is 18.2 Å². The lowest BCUT2D eigenvalue weighted by molar-refractivity contribution is 0.0735. The molecule has 4 rings (SSSR count). The molecule has 0 amide bonds. The van der Waals surface area contributed by atoms with E-state index in [0.29, 0.717) is 5.92 Å². The van der Waals surface area contributed by atoms with Gasteiger partial charge in [-0.25, -0.2) is 0 Å². The highest BCUT2D eigenvalue weighted by molar-refractivity contribution is 5.77. The smallest absolute Gasteiger partial charge is 0.134 e. The number of furan rings is 1. The highest BCUT2D eigenvalue weighted by atomic mass is 16.5. The predicted octanol–water partition coefficient (Wildman–Crippen LogP) is 3.26. The van der Waals surface area contributed by atoms with Crippen molar-refractivity contribution in [1.29, 1.82) is 0 Å². The topological polar surface area (TPSA) is 34.4 Å². The fourth-order valence-corrected chi connectivity index (χ4v) is 2.91. The summed E-state index contributed by atoms with van der Waals surface area (Å²) < 4.78 is 11.9. The van der Waals surface area contributed by atoms with Crippen molar-refractivity contribution in [1.82, 2.24) is 5.32 Å². The monoisotopic (exact) mass is 257 g/mol. The van der Waals surface area contributed by atoms with Gasteiger partial charge in [0.1, 0.15) is 17.4 Å². The van der Waals surface area contributed by atoms with E-state index in [1.165, 1.54) is 18.2 Å². The van der Waals surface area contributed by atoms with Gasteiger partial charge >= 0.3 is 0 Å². The molecule has 1 saturated carbocycles. The van der Waals surface area contributed by atoms with Crippen molar-refractivity contribution in [3.05, 3.63) is 36.1 Å². The van der Waals surface area contributed by atoms with Crippen LogP contribution >= 0.6 is 0 Å². The lowest BCUT2D eigenvalue weighted by atomic mass is 9.99. The first-order valence-corrected chi connectivity index (χ1v) is 7.23. The van der Waals surface area contributed by atoms with Crippen LogP contribution in [0.1, 0.15) is 31.1 Å². The molecule has 1 aromatic carbocycles. The van der Waals surface area contributed by atoms with Gasteiger partial charge in [-0.15, -0.1) is 0 Å². The van der Waals surface area contributed by atoms with Crippen molar-refractivity contribution in [3.8, 4) is 0 Å². The van der Waals surface area contributed by atoms with Crippen LogP contribution in [-0.2, 0) is 4.74 Å². The van der Waals surface area contributed by atoms with Crippen LogP contribution in [0.2, 0.25) is 0 Å². The molecule has 3 heteroatoms. The second-order valence-corrected chi connectivity index (χ2v) is 5.71. The van der Waals surface area contributed by atoms with Gasteiger partial charge in [0.15, 0.2) is 0 Å². The number of para-hydroxylation sites is 1. The zero-order valence-electron chi connectivity index (χ0n) is 11.0. The number of ether oxygens (including phenoxy) is 1. The van der Waals surface area contributed by atoms with Crippen molar-refractivity contribution in [2.75, 3.05) is 13.2 Å². The summed E-state index contributed by atoms with van der Waals surface area (Å²) in [7, 11) is 0. The Morgan fingerprint density at radius 1 is 1.16 bits per heavy atom. The van der Waals surface area contributed by atoms with E-state index >= 15 is 0 Å². The van der Waals surface area contributed by atoms with Gasteiger partial charge in [-0.1, -0.05) is 18.2 Å². The Hall–Kier alpha value is -1.32. The summed E-state index contributed by atoms with van der Waals surface area (Å²) in [5.41, 5.74) is 0.960. The largest absolute Gasteiger partial charge is 0.458 e. The fraction of sp³-hybridized carbons (Fsp3) is 0.500. The summed E-state index contributed by atoms with van der Waals surface area (Å²) >= 11 is 0. The molecule has 1 aliphatic carbocycles. The summed E-state index contributed by atoms with van der Waals surface area (Å²) in [4.78, 5) is 0. The molecular formula is C16H19NO2. The van der Waals surface area contributed by atoms with Gasteiger partial charge in [-0.3, -0.25) is 0 Å². The average Bonchev–Trinajstić information content (AvgIpc) is 3.00. The van der Waals surface area contributed by atoms with Crippen LogP contribution in [0.15, 0.2) is 34.7 Å². The maximum absolute atomic E-state index is 5.95. The first-order valence-electron chi connectivity index (χ1n) is 7.23. The third-order valence-electron chi connectivity index (χ3n) is 4.19. The first-order chi connectivity index (χ1) is 9.40. The maximum Gasteiger partial charge on any atom is 0.134 e. The fourth-order valence-electron chi connectivity index (χ4n) is 2.91. The number of benzene rings is 1. The molecule has 1 aromatic heterocycles. The highest BCUT2D eigenvalue weighted by Gasteiger charge is 2.33. The predicted molar refractivity (Wildman–Crippen MR) is 74.0 cm³/mol. The standard InChI is InChI=1S/C16H19NO2/c1-2-4-14-11(3-1)9-15(19-14)16-12(7-8-18-16)10-17-13-5-6-13/h1-4,9,12-13,16-17H,5-8,10H2. The minimum atomic E-state index is 0.124. The summed E-state index contributed by atoms with van der Waals surface area (Å²) in [5, 5.41) is 4.78. The van der Waals surface area contributed by atoms with Gasteiger partial charge < -0.3 is 14.5 Å². The van der Waals surface area contributed by atoms with Gasteiger partial charge in [0, 0.05) is 30.5 Å². The van der Waals surface area contributed by atoms with Gasteiger partial charge in [-0.2, -0.15) is 0 Å². The average molecular weight is 257 g/mol. The summed E-state index contributed by atoms with van der Waals surface area (Å²) in [6.07, 6.45) is 3.92. The van der Waals surface area contributed by atoms with Gasteiger partial charge in [0.05, 0.1) is 0 Å². The van der Waals surface area contributed by atoms with Crippen LogP contribution in [0.5, 0.6) is 0 Å². The third kappa shape index (κ3) is 2.28. The van der Waals surface area contributed by atoms with E-state index < -0.39 is 0 Å². The van der Waals surface area contributed by atoms with Crippen LogP contribution in [0.4, 0.5) is 0 Å². The Balaban J connectivity index is 1.55. The molecule has 19 heavy (non-hydrogen) atoms. The Morgan fingerprint density at radius 3 is 2.89 bits per heavy atom. The minimum absolute atomic E-state index is 0.124. The Kier molecular flexibility index (Phi) is 2.82. The molecule has 1 aliphatic heterocycles. The summed E-state index contributed by atoms with van der Waals surface area (Å²) in [6, 6.07) is 11.1. The van der Waals surface area contributed by atoms with Crippen LogP contribution in [0.3, 0.4) is 0 Å². The third-order valence-corrected chi connectivity index (χ3v) is 4.19.